The summed E-state index contributed by atoms with van der Waals surface area (Å²) in [5, 5.41) is 12.3. The van der Waals surface area contributed by atoms with Crippen LogP contribution in [0.2, 0.25) is 0 Å². The molecule has 102 valence electrons. The minimum atomic E-state index is -0.807. The first-order valence-electron chi connectivity index (χ1n) is 6.43. The maximum Gasteiger partial charge on any atom is 0.317 e. The molecule has 2 fully saturated rings. The molecule has 0 aromatic carbocycles. The predicted molar refractivity (Wildman–Crippen MR) is 70.8 cm³/mol. The zero-order valence-electron chi connectivity index (χ0n) is 10.6. The van der Waals surface area contributed by atoms with E-state index in [9.17, 15) is 9.59 Å². The summed E-state index contributed by atoms with van der Waals surface area (Å²) < 4.78 is 0. The summed E-state index contributed by atoms with van der Waals surface area (Å²) in [7, 11) is 0. The molecule has 0 bridgehead atoms. The number of urea groups is 1. The summed E-state index contributed by atoms with van der Waals surface area (Å²) in [6.45, 7) is 0.690. The smallest absolute Gasteiger partial charge is 0.317 e. The van der Waals surface area contributed by atoms with Crippen LogP contribution < -0.4 is 5.32 Å². The second-order valence-corrected chi connectivity index (χ2v) is 6.13. The van der Waals surface area contributed by atoms with Crippen molar-refractivity contribution < 1.29 is 14.7 Å². The molecular formula is C12H20N2O3S. The summed E-state index contributed by atoms with van der Waals surface area (Å²) >= 11 is 1.81. The molecule has 0 spiro atoms. The van der Waals surface area contributed by atoms with Crippen LogP contribution in [0.4, 0.5) is 4.79 Å². The summed E-state index contributed by atoms with van der Waals surface area (Å²) in [5.74, 6) is -1.18. The van der Waals surface area contributed by atoms with Crippen LogP contribution in [-0.4, -0.2) is 52.6 Å². The lowest BCUT2D eigenvalue weighted by atomic mass is 9.94. The molecule has 0 aromatic rings. The Bertz CT molecular complexity index is 331. The van der Waals surface area contributed by atoms with Gasteiger partial charge in [-0.05, 0) is 19.1 Å². The molecule has 1 aliphatic carbocycles. The molecule has 0 aromatic heterocycles. The summed E-state index contributed by atoms with van der Waals surface area (Å²) in [5.41, 5.74) is 0. The molecule has 0 radical (unpaired) electrons. The fourth-order valence-corrected chi connectivity index (χ4v) is 3.53. The molecule has 2 rings (SSSR count). The lowest BCUT2D eigenvalue weighted by Crippen LogP contribution is -2.58. The summed E-state index contributed by atoms with van der Waals surface area (Å²) in [6, 6.07) is 0.142. The highest BCUT2D eigenvalue weighted by atomic mass is 32.2. The number of amides is 2. The number of aliphatic carboxylic acids is 1. The van der Waals surface area contributed by atoms with Gasteiger partial charge < -0.3 is 15.3 Å². The second-order valence-electron chi connectivity index (χ2n) is 5.05. The maximum atomic E-state index is 11.9. The number of nitrogens with zero attached hydrogens (tertiary/aromatic N) is 1. The zero-order valence-corrected chi connectivity index (χ0v) is 11.4. The highest BCUT2D eigenvalue weighted by Crippen LogP contribution is 2.27. The lowest BCUT2D eigenvalue weighted by Gasteiger charge is -2.39. The number of thioether (sulfide) groups is 1. The van der Waals surface area contributed by atoms with Crippen LogP contribution in [0.15, 0.2) is 0 Å². The topological polar surface area (TPSA) is 69.6 Å². The van der Waals surface area contributed by atoms with E-state index in [2.05, 4.69) is 11.6 Å². The average molecular weight is 272 g/mol. The highest BCUT2D eigenvalue weighted by Gasteiger charge is 2.37. The van der Waals surface area contributed by atoms with Gasteiger partial charge in [0.05, 0.1) is 5.92 Å². The third kappa shape index (κ3) is 2.91. The molecule has 2 aliphatic rings. The molecule has 1 aliphatic heterocycles. The van der Waals surface area contributed by atoms with Crippen LogP contribution >= 0.6 is 11.8 Å². The number of carbonyl (C=O) groups is 2. The largest absolute Gasteiger partial charge is 0.481 e. The van der Waals surface area contributed by atoms with Gasteiger partial charge in [-0.25, -0.2) is 4.79 Å². The Balaban J connectivity index is 1.79. The van der Waals surface area contributed by atoms with Crippen molar-refractivity contribution in [2.45, 2.75) is 37.0 Å². The highest BCUT2D eigenvalue weighted by molar-refractivity contribution is 7.99. The minimum Gasteiger partial charge on any atom is -0.481 e. The van der Waals surface area contributed by atoms with Crippen molar-refractivity contribution >= 4 is 23.8 Å². The van der Waals surface area contributed by atoms with E-state index < -0.39 is 5.97 Å². The third-order valence-corrected chi connectivity index (χ3v) is 5.00. The molecule has 2 atom stereocenters. The van der Waals surface area contributed by atoms with Crippen molar-refractivity contribution in [1.82, 2.24) is 10.2 Å². The molecule has 5 nitrogen and oxygen atoms in total. The predicted octanol–water partition coefficient (Wildman–Crippen LogP) is 1.39. The Morgan fingerprint density at radius 1 is 1.28 bits per heavy atom. The average Bonchev–Trinajstić information content (AvgIpc) is 2.27. The standard InChI is InChI=1S/C12H20N2O3S/c1-18-10-5-3-2-4-9(10)13-12(17)14-6-8(7-14)11(15)16/h8-10H,2-7H2,1H3,(H,13,17)(H,15,16). The fourth-order valence-electron chi connectivity index (χ4n) is 2.59. The molecular weight excluding hydrogens is 252 g/mol. The second kappa shape index (κ2) is 5.82. The molecule has 1 heterocycles. The van der Waals surface area contributed by atoms with Crippen LogP contribution in [0.5, 0.6) is 0 Å². The van der Waals surface area contributed by atoms with Crippen molar-refractivity contribution in [3.63, 3.8) is 0 Å². The monoisotopic (exact) mass is 272 g/mol. The Labute approximate surface area is 111 Å². The fraction of sp³-hybridized carbons (Fsp3) is 0.833. The van der Waals surface area contributed by atoms with Gasteiger partial charge in [0.15, 0.2) is 0 Å². The lowest BCUT2D eigenvalue weighted by molar-refractivity contribution is -0.146. The Morgan fingerprint density at radius 3 is 2.56 bits per heavy atom. The Hall–Kier alpha value is -0.910. The van der Waals surface area contributed by atoms with E-state index in [1.54, 1.807) is 4.90 Å². The first-order valence-corrected chi connectivity index (χ1v) is 7.71. The third-order valence-electron chi connectivity index (χ3n) is 3.83. The molecule has 2 amide bonds. The van der Waals surface area contributed by atoms with E-state index in [0.717, 1.165) is 12.8 Å². The van der Waals surface area contributed by atoms with Gasteiger partial charge in [0.2, 0.25) is 0 Å². The Morgan fingerprint density at radius 2 is 1.94 bits per heavy atom. The molecule has 2 N–H and O–H groups in total. The minimum absolute atomic E-state index is 0.0987. The van der Waals surface area contributed by atoms with Crippen molar-refractivity contribution in [3.05, 3.63) is 0 Å². The number of nitrogens with one attached hydrogen (secondary N) is 1. The number of hydrogen-bond donors (Lipinski definition) is 2. The van der Waals surface area contributed by atoms with Gasteiger partial charge in [-0.15, -0.1) is 0 Å². The number of rotatable bonds is 3. The van der Waals surface area contributed by atoms with E-state index in [-0.39, 0.29) is 18.0 Å². The number of carbonyl (C=O) groups excluding carboxylic acids is 1. The van der Waals surface area contributed by atoms with E-state index in [1.807, 2.05) is 11.8 Å². The zero-order chi connectivity index (χ0) is 13.1. The van der Waals surface area contributed by atoms with Crippen molar-refractivity contribution in [2.75, 3.05) is 19.3 Å². The first kappa shape index (κ1) is 13.5. The van der Waals surface area contributed by atoms with Crippen molar-refractivity contribution in [3.8, 4) is 0 Å². The summed E-state index contributed by atoms with van der Waals surface area (Å²) in [4.78, 5) is 24.2. The maximum absolute atomic E-state index is 11.9. The van der Waals surface area contributed by atoms with E-state index >= 15 is 0 Å². The molecule has 1 saturated heterocycles. The van der Waals surface area contributed by atoms with Gasteiger partial charge in [-0.3, -0.25) is 4.79 Å². The van der Waals surface area contributed by atoms with Crippen molar-refractivity contribution in [2.24, 2.45) is 5.92 Å². The number of hydrogen-bond acceptors (Lipinski definition) is 3. The SMILES string of the molecule is CSC1CCCCC1NC(=O)N1CC(C(=O)O)C1. The van der Waals surface area contributed by atoms with Crippen LogP contribution in [0, 0.1) is 5.92 Å². The van der Waals surface area contributed by atoms with Gasteiger partial charge in [0.25, 0.3) is 0 Å². The number of likely N-dealkylation sites (tertiary alicyclic amines) is 1. The first-order chi connectivity index (χ1) is 8.61. The van der Waals surface area contributed by atoms with Gasteiger partial charge in [-0.1, -0.05) is 12.8 Å². The molecule has 6 heteroatoms. The van der Waals surface area contributed by atoms with Crippen LogP contribution in [-0.2, 0) is 4.79 Å². The molecule has 2 unspecified atom stereocenters. The van der Waals surface area contributed by atoms with E-state index in [4.69, 9.17) is 5.11 Å². The number of carboxylic acids is 1. The van der Waals surface area contributed by atoms with E-state index in [1.165, 1.54) is 12.8 Å². The molecule has 1 saturated carbocycles. The van der Waals surface area contributed by atoms with Crippen LogP contribution in [0.3, 0.4) is 0 Å². The molecule has 18 heavy (non-hydrogen) atoms. The van der Waals surface area contributed by atoms with Gasteiger partial charge in [0.1, 0.15) is 0 Å². The van der Waals surface area contributed by atoms with Gasteiger partial charge >= 0.3 is 12.0 Å². The van der Waals surface area contributed by atoms with Crippen LogP contribution in [0.25, 0.3) is 0 Å². The van der Waals surface area contributed by atoms with E-state index in [0.29, 0.717) is 18.3 Å². The quantitative estimate of drug-likeness (QED) is 0.814. The van der Waals surface area contributed by atoms with Gasteiger partial charge in [0, 0.05) is 24.4 Å². The number of carboxylic acid groups (broad SMARTS) is 1. The summed E-state index contributed by atoms with van der Waals surface area (Å²) in [6.07, 6.45) is 6.68. The van der Waals surface area contributed by atoms with Gasteiger partial charge in [-0.2, -0.15) is 11.8 Å². The van der Waals surface area contributed by atoms with Crippen molar-refractivity contribution in [1.29, 1.82) is 0 Å². The normalized spacial score (nSPS) is 28.6. The van der Waals surface area contributed by atoms with Crippen LogP contribution in [0.1, 0.15) is 25.7 Å². The Kier molecular flexibility index (Phi) is 4.37.